The Labute approximate surface area is 106 Å². The fraction of sp³-hybridized carbons (Fsp3) is 0.833. The molecule has 1 amide bonds. The second kappa shape index (κ2) is 5.24. The van der Waals surface area contributed by atoms with Crippen LogP contribution in [0.1, 0.15) is 26.2 Å². The molecule has 0 aliphatic carbocycles. The molecule has 2 fully saturated rings. The maximum absolute atomic E-state index is 12.1. The lowest BCUT2D eigenvalue weighted by molar-refractivity contribution is -0.148. The van der Waals surface area contributed by atoms with E-state index in [-0.39, 0.29) is 18.6 Å². The van der Waals surface area contributed by atoms with Crippen LogP contribution < -0.4 is 10.6 Å². The van der Waals surface area contributed by atoms with Crippen LogP contribution in [0.25, 0.3) is 0 Å². The number of ether oxygens (including phenoxy) is 1. The first kappa shape index (κ1) is 13.3. The van der Waals surface area contributed by atoms with E-state index < -0.39 is 11.5 Å². The number of nitrogens with one attached hydrogen (secondary N) is 2. The van der Waals surface area contributed by atoms with E-state index in [1.807, 2.05) is 0 Å². The SMILES string of the molecule is CC1CCNC(C(=O)NC2(C(=O)O)CCOC2)C1. The Morgan fingerprint density at radius 1 is 1.50 bits per heavy atom. The molecule has 3 atom stereocenters. The Morgan fingerprint density at radius 2 is 2.28 bits per heavy atom. The predicted octanol–water partition coefficient (Wildman–Crippen LogP) is -0.266. The number of piperidine rings is 1. The standard InChI is InChI=1S/C12H20N2O4/c1-8-2-4-13-9(6-8)10(15)14-12(11(16)17)3-5-18-7-12/h8-9,13H,2-7H2,1H3,(H,14,15)(H,16,17). The van der Waals surface area contributed by atoms with Crippen LogP contribution in [0.3, 0.4) is 0 Å². The fourth-order valence-corrected chi connectivity index (χ4v) is 2.52. The molecule has 3 N–H and O–H groups in total. The molecule has 18 heavy (non-hydrogen) atoms. The summed E-state index contributed by atoms with van der Waals surface area (Å²) in [6, 6.07) is -0.287. The van der Waals surface area contributed by atoms with Crippen molar-refractivity contribution < 1.29 is 19.4 Å². The van der Waals surface area contributed by atoms with Gasteiger partial charge in [-0.3, -0.25) is 4.79 Å². The van der Waals surface area contributed by atoms with Gasteiger partial charge in [0.05, 0.1) is 12.6 Å². The van der Waals surface area contributed by atoms with Crippen molar-refractivity contribution in [3.63, 3.8) is 0 Å². The van der Waals surface area contributed by atoms with Gasteiger partial charge in [0.2, 0.25) is 5.91 Å². The van der Waals surface area contributed by atoms with Crippen molar-refractivity contribution in [1.82, 2.24) is 10.6 Å². The third kappa shape index (κ3) is 2.64. The quantitative estimate of drug-likeness (QED) is 0.647. The first-order chi connectivity index (χ1) is 8.53. The molecule has 3 unspecified atom stereocenters. The van der Waals surface area contributed by atoms with E-state index in [4.69, 9.17) is 4.74 Å². The Kier molecular flexibility index (Phi) is 3.87. The lowest BCUT2D eigenvalue weighted by Crippen LogP contribution is -2.60. The summed E-state index contributed by atoms with van der Waals surface area (Å²) in [6.45, 7) is 3.33. The van der Waals surface area contributed by atoms with Crippen molar-refractivity contribution in [3.05, 3.63) is 0 Å². The molecule has 2 aliphatic rings. The molecule has 2 saturated heterocycles. The van der Waals surface area contributed by atoms with Crippen LogP contribution >= 0.6 is 0 Å². The van der Waals surface area contributed by atoms with Crippen LogP contribution in [0.4, 0.5) is 0 Å². The fourth-order valence-electron chi connectivity index (χ4n) is 2.52. The number of aliphatic carboxylic acids is 1. The van der Waals surface area contributed by atoms with Crippen LogP contribution in [-0.4, -0.2) is 48.3 Å². The van der Waals surface area contributed by atoms with Gasteiger partial charge in [0.1, 0.15) is 0 Å². The highest BCUT2D eigenvalue weighted by atomic mass is 16.5. The van der Waals surface area contributed by atoms with E-state index in [0.717, 1.165) is 19.4 Å². The van der Waals surface area contributed by atoms with E-state index in [0.29, 0.717) is 18.9 Å². The first-order valence-electron chi connectivity index (χ1n) is 6.40. The summed E-state index contributed by atoms with van der Waals surface area (Å²) >= 11 is 0. The summed E-state index contributed by atoms with van der Waals surface area (Å²) in [5, 5.41) is 15.0. The van der Waals surface area contributed by atoms with E-state index >= 15 is 0 Å². The molecule has 2 rings (SSSR count). The largest absolute Gasteiger partial charge is 0.479 e. The molecule has 0 bridgehead atoms. The second-order valence-corrected chi connectivity index (χ2v) is 5.32. The van der Waals surface area contributed by atoms with Gasteiger partial charge in [-0.25, -0.2) is 4.79 Å². The number of carbonyl (C=O) groups excluding carboxylic acids is 1. The van der Waals surface area contributed by atoms with Crippen LogP contribution in [0.2, 0.25) is 0 Å². The maximum Gasteiger partial charge on any atom is 0.331 e. The molecule has 6 nitrogen and oxygen atoms in total. The van der Waals surface area contributed by atoms with Gasteiger partial charge >= 0.3 is 5.97 Å². The van der Waals surface area contributed by atoms with Gasteiger partial charge in [-0.05, 0) is 25.3 Å². The van der Waals surface area contributed by atoms with E-state index in [1.165, 1.54) is 0 Å². The molecule has 2 heterocycles. The van der Waals surface area contributed by atoms with Gasteiger partial charge in [-0.15, -0.1) is 0 Å². The average molecular weight is 256 g/mol. The molecule has 0 spiro atoms. The monoisotopic (exact) mass is 256 g/mol. The summed E-state index contributed by atoms with van der Waals surface area (Å²) < 4.78 is 5.12. The van der Waals surface area contributed by atoms with Gasteiger partial charge < -0.3 is 20.5 Å². The van der Waals surface area contributed by atoms with Crippen LogP contribution in [-0.2, 0) is 14.3 Å². The summed E-state index contributed by atoms with van der Waals surface area (Å²) in [6.07, 6.45) is 2.13. The molecular weight excluding hydrogens is 236 g/mol. The Hall–Kier alpha value is -1.14. The predicted molar refractivity (Wildman–Crippen MR) is 64.1 cm³/mol. The smallest absolute Gasteiger partial charge is 0.331 e. The highest BCUT2D eigenvalue weighted by molar-refractivity contribution is 5.90. The topological polar surface area (TPSA) is 87.7 Å². The van der Waals surface area contributed by atoms with Crippen molar-refractivity contribution in [3.8, 4) is 0 Å². The number of amides is 1. The van der Waals surface area contributed by atoms with E-state index in [9.17, 15) is 14.7 Å². The van der Waals surface area contributed by atoms with Crippen molar-refractivity contribution in [1.29, 1.82) is 0 Å². The number of carboxylic acids is 1. The van der Waals surface area contributed by atoms with E-state index in [2.05, 4.69) is 17.6 Å². The third-order valence-electron chi connectivity index (χ3n) is 3.78. The minimum Gasteiger partial charge on any atom is -0.479 e. The first-order valence-corrected chi connectivity index (χ1v) is 6.40. The van der Waals surface area contributed by atoms with Crippen LogP contribution in [0, 0.1) is 5.92 Å². The number of carbonyl (C=O) groups is 2. The van der Waals surface area contributed by atoms with Gasteiger partial charge in [-0.2, -0.15) is 0 Å². The zero-order valence-electron chi connectivity index (χ0n) is 10.6. The van der Waals surface area contributed by atoms with Crippen molar-refractivity contribution in [2.75, 3.05) is 19.8 Å². The summed E-state index contributed by atoms with van der Waals surface area (Å²) in [4.78, 5) is 23.4. The molecule has 0 aromatic heterocycles. The van der Waals surface area contributed by atoms with Gasteiger partial charge in [-0.1, -0.05) is 6.92 Å². The highest BCUT2D eigenvalue weighted by Gasteiger charge is 2.45. The zero-order chi connectivity index (χ0) is 13.2. The zero-order valence-corrected chi connectivity index (χ0v) is 10.6. The summed E-state index contributed by atoms with van der Waals surface area (Å²) in [7, 11) is 0. The molecule has 102 valence electrons. The van der Waals surface area contributed by atoms with Crippen molar-refractivity contribution in [2.24, 2.45) is 5.92 Å². The Bertz CT molecular complexity index is 339. The molecule has 0 saturated carbocycles. The normalized spacial score (nSPS) is 36.3. The summed E-state index contributed by atoms with van der Waals surface area (Å²) in [5.74, 6) is -0.755. The molecule has 0 radical (unpaired) electrons. The molecule has 0 aromatic carbocycles. The lowest BCUT2D eigenvalue weighted by Gasteiger charge is -2.31. The molecule has 0 aromatic rings. The van der Waals surface area contributed by atoms with Crippen molar-refractivity contribution >= 4 is 11.9 Å². The van der Waals surface area contributed by atoms with Gasteiger partial charge in [0, 0.05) is 13.0 Å². The van der Waals surface area contributed by atoms with Gasteiger partial charge in [0.25, 0.3) is 0 Å². The summed E-state index contributed by atoms with van der Waals surface area (Å²) in [5.41, 5.74) is -1.24. The molecule has 2 aliphatic heterocycles. The molecule has 6 heteroatoms. The van der Waals surface area contributed by atoms with E-state index in [1.54, 1.807) is 0 Å². The van der Waals surface area contributed by atoms with Gasteiger partial charge in [0.15, 0.2) is 5.54 Å². The maximum atomic E-state index is 12.1. The highest BCUT2D eigenvalue weighted by Crippen LogP contribution is 2.21. The number of hydrogen-bond acceptors (Lipinski definition) is 4. The van der Waals surface area contributed by atoms with Crippen LogP contribution in [0.5, 0.6) is 0 Å². The number of rotatable bonds is 3. The average Bonchev–Trinajstić information content (AvgIpc) is 2.79. The Balaban J connectivity index is 1.99. The minimum atomic E-state index is -1.24. The Morgan fingerprint density at radius 3 is 2.83 bits per heavy atom. The third-order valence-corrected chi connectivity index (χ3v) is 3.78. The molecular formula is C12H20N2O4. The lowest BCUT2D eigenvalue weighted by atomic mass is 9.92. The second-order valence-electron chi connectivity index (χ2n) is 5.32. The number of carboxylic acid groups (broad SMARTS) is 1. The van der Waals surface area contributed by atoms with Crippen molar-refractivity contribution in [2.45, 2.75) is 37.8 Å². The number of hydrogen-bond donors (Lipinski definition) is 3. The minimum absolute atomic E-state index is 0.0519. The van der Waals surface area contributed by atoms with Crippen LogP contribution in [0.15, 0.2) is 0 Å².